The van der Waals surface area contributed by atoms with Crippen molar-refractivity contribution in [3.05, 3.63) is 35.4 Å². The summed E-state index contributed by atoms with van der Waals surface area (Å²) >= 11 is 5.99. The summed E-state index contributed by atoms with van der Waals surface area (Å²) in [5, 5.41) is 9.70. The second-order valence-electron chi connectivity index (χ2n) is 6.52. The first-order valence-electron chi connectivity index (χ1n) is 8.85. The van der Waals surface area contributed by atoms with Crippen molar-refractivity contribution < 1.29 is 14.3 Å². The summed E-state index contributed by atoms with van der Waals surface area (Å²) in [6.45, 7) is 1.31. The molecular formula is C18H22ClN5O3. The van der Waals surface area contributed by atoms with E-state index < -0.39 is 0 Å². The molecule has 2 amide bonds. The van der Waals surface area contributed by atoms with Crippen LogP contribution in [0.15, 0.2) is 24.5 Å². The van der Waals surface area contributed by atoms with Gasteiger partial charge in [0.1, 0.15) is 12.1 Å². The second-order valence-corrected chi connectivity index (χ2v) is 6.96. The second kappa shape index (κ2) is 8.85. The maximum absolute atomic E-state index is 12.4. The highest BCUT2D eigenvalue weighted by molar-refractivity contribution is 6.31. The number of piperidine rings is 1. The lowest BCUT2D eigenvalue weighted by Crippen LogP contribution is -2.40. The predicted molar refractivity (Wildman–Crippen MR) is 101 cm³/mol. The van der Waals surface area contributed by atoms with Crippen molar-refractivity contribution in [3.8, 4) is 5.75 Å². The van der Waals surface area contributed by atoms with E-state index in [1.165, 1.54) is 6.33 Å². The topological polar surface area (TPSA) is 100 Å². The molecule has 0 aliphatic carbocycles. The van der Waals surface area contributed by atoms with Crippen molar-refractivity contribution in [3.63, 3.8) is 0 Å². The Morgan fingerprint density at radius 1 is 1.44 bits per heavy atom. The number of benzene rings is 1. The number of carbonyl (C=O) groups excluding carboxylic acids is 2. The van der Waals surface area contributed by atoms with Gasteiger partial charge in [0.2, 0.25) is 11.7 Å². The maximum Gasteiger partial charge on any atom is 0.291 e. The summed E-state index contributed by atoms with van der Waals surface area (Å²) in [5.74, 6) is 0.841. The average molecular weight is 392 g/mol. The van der Waals surface area contributed by atoms with Crippen molar-refractivity contribution in [2.24, 2.45) is 5.92 Å². The summed E-state index contributed by atoms with van der Waals surface area (Å²) in [6, 6.07) is 5.08. The highest BCUT2D eigenvalue weighted by atomic mass is 35.5. The SMILES string of the molecule is COc1ccc(Cl)cc1NC(=O)CC[C@H]1CCCN(C(=O)c2ncn[nH]2)C1. The quantitative estimate of drug-likeness (QED) is 0.788. The highest BCUT2D eigenvalue weighted by Gasteiger charge is 2.26. The van der Waals surface area contributed by atoms with Crippen LogP contribution >= 0.6 is 11.6 Å². The van der Waals surface area contributed by atoms with Crippen LogP contribution in [0.25, 0.3) is 0 Å². The molecule has 1 saturated heterocycles. The zero-order valence-electron chi connectivity index (χ0n) is 15.1. The van der Waals surface area contributed by atoms with Gasteiger partial charge in [-0.15, -0.1) is 0 Å². The fourth-order valence-corrected chi connectivity index (χ4v) is 3.44. The molecule has 9 heteroatoms. The Kier molecular flexibility index (Phi) is 6.28. The standard InChI is InChI=1S/C18H22ClN5O3/c1-27-15-6-5-13(19)9-14(15)22-16(25)7-4-12-3-2-8-24(10-12)18(26)17-20-11-21-23-17/h5-6,9,11-12H,2-4,7-8,10H2,1H3,(H,22,25)(H,20,21,23)/t12-/m1/s1. The molecule has 27 heavy (non-hydrogen) atoms. The molecule has 0 bridgehead atoms. The number of halogens is 1. The van der Waals surface area contributed by atoms with E-state index in [0.29, 0.717) is 42.4 Å². The van der Waals surface area contributed by atoms with Crippen LogP contribution in [0.1, 0.15) is 36.3 Å². The minimum absolute atomic E-state index is 0.103. The number of rotatable bonds is 6. The Bertz CT molecular complexity index is 796. The van der Waals surface area contributed by atoms with Gasteiger partial charge < -0.3 is 15.0 Å². The fraction of sp³-hybridized carbons (Fsp3) is 0.444. The summed E-state index contributed by atoms with van der Waals surface area (Å²) in [5.41, 5.74) is 0.556. The number of nitrogens with one attached hydrogen (secondary N) is 2. The van der Waals surface area contributed by atoms with Crippen LogP contribution < -0.4 is 10.1 Å². The van der Waals surface area contributed by atoms with Crippen LogP contribution in [0.4, 0.5) is 5.69 Å². The number of likely N-dealkylation sites (tertiary alicyclic amines) is 1. The van der Waals surface area contributed by atoms with Crippen LogP contribution in [0.3, 0.4) is 0 Å². The summed E-state index contributed by atoms with van der Waals surface area (Å²) in [6.07, 6.45) is 4.30. The molecule has 3 rings (SSSR count). The maximum atomic E-state index is 12.4. The van der Waals surface area contributed by atoms with Gasteiger partial charge in [0.25, 0.3) is 5.91 Å². The summed E-state index contributed by atoms with van der Waals surface area (Å²) in [7, 11) is 1.54. The predicted octanol–water partition coefficient (Wildman–Crippen LogP) is 2.74. The van der Waals surface area contributed by atoms with Crippen LogP contribution in [-0.2, 0) is 4.79 Å². The van der Waals surface area contributed by atoms with Gasteiger partial charge >= 0.3 is 0 Å². The lowest BCUT2D eigenvalue weighted by Gasteiger charge is -2.32. The number of H-pyrrole nitrogens is 1. The smallest absolute Gasteiger partial charge is 0.291 e. The Morgan fingerprint density at radius 2 is 2.30 bits per heavy atom. The first kappa shape index (κ1) is 19.2. The number of carbonyl (C=O) groups is 2. The van der Waals surface area contributed by atoms with Gasteiger partial charge in [0, 0.05) is 24.5 Å². The Labute approximate surface area is 162 Å². The Balaban J connectivity index is 1.51. The molecule has 1 aliphatic heterocycles. The Hall–Kier alpha value is -2.61. The van der Waals surface area contributed by atoms with Gasteiger partial charge in [-0.05, 0) is 43.4 Å². The van der Waals surface area contributed by atoms with E-state index in [1.54, 1.807) is 30.2 Å². The number of anilines is 1. The minimum atomic E-state index is -0.148. The summed E-state index contributed by atoms with van der Waals surface area (Å²) < 4.78 is 5.24. The van der Waals surface area contributed by atoms with Crippen LogP contribution in [0.2, 0.25) is 5.02 Å². The average Bonchev–Trinajstić information content (AvgIpc) is 3.21. The van der Waals surface area contributed by atoms with E-state index in [1.807, 2.05) is 0 Å². The zero-order valence-corrected chi connectivity index (χ0v) is 15.8. The number of hydrogen-bond donors (Lipinski definition) is 2. The molecule has 1 aliphatic rings. The lowest BCUT2D eigenvalue weighted by atomic mass is 9.93. The Morgan fingerprint density at radius 3 is 3.04 bits per heavy atom. The van der Waals surface area contributed by atoms with E-state index in [4.69, 9.17) is 16.3 Å². The highest BCUT2D eigenvalue weighted by Crippen LogP contribution is 2.28. The van der Waals surface area contributed by atoms with E-state index in [-0.39, 0.29) is 23.6 Å². The van der Waals surface area contributed by atoms with Gasteiger partial charge in [0.15, 0.2) is 0 Å². The molecule has 0 spiro atoms. The number of aromatic nitrogens is 3. The molecule has 1 atom stereocenters. The van der Waals surface area contributed by atoms with Gasteiger partial charge in [-0.2, -0.15) is 5.10 Å². The molecule has 1 fully saturated rings. The molecule has 0 saturated carbocycles. The third kappa shape index (κ3) is 4.97. The monoisotopic (exact) mass is 391 g/mol. The van der Waals surface area contributed by atoms with E-state index in [0.717, 1.165) is 12.8 Å². The number of amides is 2. The third-order valence-corrected chi connectivity index (χ3v) is 4.87. The minimum Gasteiger partial charge on any atom is -0.495 e. The van der Waals surface area contributed by atoms with Crippen molar-refractivity contribution in [2.75, 3.05) is 25.5 Å². The largest absolute Gasteiger partial charge is 0.495 e. The first-order valence-corrected chi connectivity index (χ1v) is 9.22. The van der Waals surface area contributed by atoms with E-state index in [9.17, 15) is 9.59 Å². The molecule has 2 aromatic rings. The molecule has 1 aromatic carbocycles. The van der Waals surface area contributed by atoms with E-state index >= 15 is 0 Å². The van der Waals surface area contributed by atoms with Gasteiger partial charge in [0.05, 0.1) is 12.8 Å². The number of ether oxygens (including phenoxy) is 1. The molecule has 0 unspecified atom stereocenters. The van der Waals surface area contributed by atoms with Crippen molar-refractivity contribution in [1.29, 1.82) is 0 Å². The number of aromatic amines is 1. The van der Waals surface area contributed by atoms with Crippen molar-refractivity contribution in [2.45, 2.75) is 25.7 Å². The first-order chi connectivity index (χ1) is 13.1. The lowest BCUT2D eigenvalue weighted by molar-refractivity contribution is -0.116. The van der Waals surface area contributed by atoms with Crippen molar-refractivity contribution >= 4 is 29.1 Å². The fourth-order valence-electron chi connectivity index (χ4n) is 3.27. The summed E-state index contributed by atoms with van der Waals surface area (Å²) in [4.78, 5) is 30.4. The zero-order chi connectivity index (χ0) is 19.2. The molecule has 8 nitrogen and oxygen atoms in total. The third-order valence-electron chi connectivity index (χ3n) is 4.64. The van der Waals surface area contributed by atoms with E-state index in [2.05, 4.69) is 20.5 Å². The molecule has 0 radical (unpaired) electrons. The number of methoxy groups -OCH3 is 1. The molecule has 2 N–H and O–H groups in total. The molecule has 144 valence electrons. The molecule has 2 heterocycles. The van der Waals surface area contributed by atoms with Crippen LogP contribution in [0, 0.1) is 5.92 Å². The number of hydrogen-bond acceptors (Lipinski definition) is 5. The number of nitrogens with zero attached hydrogens (tertiary/aromatic N) is 3. The van der Waals surface area contributed by atoms with Crippen LogP contribution in [0.5, 0.6) is 5.75 Å². The molecular weight excluding hydrogens is 370 g/mol. The van der Waals surface area contributed by atoms with Gasteiger partial charge in [-0.3, -0.25) is 14.7 Å². The van der Waals surface area contributed by atoms with Gasteiger partial charge in [-0.25, -0.2) is 4.98 Å². The van der Waals surface area contributed by atoms with Gasteiger partial charge in [-0.1, -0.05) is 11.6 Å². The van der Waals surface area contributed by atoms with Crippen molar-refractivity contribution in [1.82, 2.24) is 20.1 Å². The molecule has 1 aromatic heterocycles. The van der Waals surface area contributed by atoms with Crippen LogP contribution in [-0.4, -0.2) is 52.1 Å². The normalized spacial score (nSPS) is 16.8.